The van der Waals surface area contributed by atoms with Gasteiger partial charge in [-0.15, -0.1) is 11.6 Å². The summed E-state index contributed by atoms with van der Waals surface area (Å²) < 4.78 is 2.43. The van der Waals surface area contributed by atoms with Crippen LogP contribution < -0.4 is 4.90 Å². The molecule has 0 amide bonds. The second-order valence-corrected chi connectivity index (χ2v) is 13.1. The Morgan fingerprint density at radius 1 is 0.905 bits per heavy atom. The smallest absolute Gasteiger partial charge is 0.217 e. The number of para-hydroxylation sites is 1. The molecule has 1 aliphatic carbocycles. The van der Waals surface area contributed by atoms with Gasteiger partial charge in [0.1, 0.15) is 7.05 Å². The molecule has 2 heterocycles. The SMILES string of the molecule is CN1/C(=C/C=C/C2=[N+](C)c3c(ccc4ccccc34)C2(C)Cc2ccccc2)C(C)(C2C=CCC2Cl)c2ccccc21. The Balaban J connectivity index is 1.36. The molecule has 4 aromatic rings. The van der Waals surface area contributed by atoms with Gasteiger partial charge in [-0.25, -0.2) is 0 Å². The fraction of sp³-hybridized carbons (Fsp3) is 0.256. The van der Waals surface area contributed by atoms with Crippen molar-refractivity contribution in [1.82, 2.24) is 0 Å². The summed E-state index contributed by atoms with van der Waals surface area (Å²) in [7, 11) is 4.43. The Kier molecular flexibility index (Phi) is 6.51. The molecule has 210 valence electrons. The maximum Gasteiger partial charge on any atom is 0.217 e. The Morgan fingerprint density at radius 3 is 2.43 bits per heavy atom. The number of allylic oxidation sites excluding steroid dienone is 6. The van der Waals surface area contributed by atoms with E-state index in [4.69, 9.17) is 11.6 Å². The minimum atomic E-state index is -0.201. The fourth-order valence-electron chi connectivity index (χ4n) is 8.04. The van der Waals surface area contributed by atoms with Gasteiger partial charge >= 0.3 is 0 Å². The first kappa shape index (κ1) is 27.0. The van der Waals surface area contributed by atoms with E-state index in [1.54, 1.807) is 0 Å². The molecular formula is C39H38ClN2+. The molecule has 3 aliphatic rings. The number of hydrogen-bond acceptors (Lipinski definition) is 1. The topological polar surface area (TPSA) is 6.25 Å². The van der Waals surface area contributed by atoms with Crippen molar-refractivity contribution in [3.63, 3.8) is 0 Å². The van der Waals surface area contributed by atoms with E-state index < -0.39 is 0 Å². The molecular weight excluding hydrogens is 532 g/mol. The highest BCUT2D eigenvalue weighted by Crippen LogP contribution is 2.54. The fourth-order valence-corrected chi connectivity index (χ4v) is 8.48. The molecule has 7 rings (SSSR count). The molecule has 4 atom stereocenters. The van der Waals surface area contributed by atoms with Gasteiger partial charge < -0.3 is 4.90 Å². The monoisotopic (exact) mass is 569 g/mol. The zero-order valence-corrected chi connectivity index (χ0v) is 25.6. The number of halogens is 1. The van der Waals surface area contributed by atoms with E-state index in [-0.39, 0.29) is 22.1 Å². The van der Waals surface area contributed by atoms with E-state index >= 15 is 0 Å². The number of hydrogen-bond donors (Lipinski definition) is 0. The molecule has 4 unspecified atom stereocenters. The summed E-state index contributed by atoms with van der Waals surface area (Å²) in [6.45, 7) is 4.79. The van der Waals surface area contributed by atoms with Crippen LogP contribution in [0.3, 0.4) is 0 Å². The van der Waals surface area contributed by atoms with Crippen LogP contribution in [0.15, 0.2) is 127 Å². The van der Waals surface area contributed by atoms with E-state index in [0.29, 0.717) is 0 Å². The third-order valence-electron chi connectivity index (χ3n) is 10.1. The molecule has 4 aromatic carbocycles. The Hall–Kier alpha value is -3.88. The summed E-state index contributed by atoms with van der Waals surface area (Å²) in [5, 5.41) is 2.67. The average molecular weight is 570 g/mol. The molecule has 0 aromatic heterocycles. The molecule has 0 spiro atoms. The van der Waals surface area contributed by atoms with E-state index in [1.807, 2.05) is 0 Å². The summed E-state index contributed by atoms with van der Waals surface area (Å²) in [6.07, 6.45) is 13.4. The first-order valence-corrected chi connectivity index (χ1v) is 15.5. The van der Waals surface area contributed by atoms with E-state index in [0.717, 1.165) is 12.8 Å². The number of anilines is 1. The van der Waals surface area contributed by atoms with Crippen LogP contribution in [0.5, 0.6) is 0 Å². The summed E-state index contributed by atoms with van der Waals surface area (Å²) in [6, 6.07) is 33.1. The zero-order chi connectivity index (χ0) is 29.1. The third kappa shape index (κ3) is 3.96. The third-order valence-corrected chi connectivity index (χ3v) is 10.6. The van der Waals surface area contributed by atoms with Crippen molar-refractivity contribution in [2.45, 2.75) is 42.9 Å². The van der Waals surface area contributed by atoms with Crippen molar-refractivity contribution in [2.24, 2.45) is 5.92 Å². The number of alkyl halides is 1. The normalized spacial score (nSPS) is 27.5. The number of benzene rings is 4. The van der Waals surface area contributed by atoms with Crippen molar-refractivity contribution in [3.05, 3.63) is 144 Å². The van der Waals surface area contributed by atoms with Gasteiger partial charge in [0.2, 0.25) is 5.69 Å². The van der Waals surface area contributed by atoms with Gasteiger partial charge in [0.05, 0.1) is 10.8 Å². The maximum absolute atomic E-state index is 6.96. The number of rotatable bonds is 5. The lowest BCUT2D eigenvalue weighted by atomic mass is 9.70. The van der Waals surface area contributed by atoms with Crippen molar-refractivity contribution >= 4 is 39.5 Å². The van der Waals surface area contributed by atoms with Crippen LogP contribution >= 0.6 is 11.6 Å². The van der Waals surface area contributed by atoms with Crippen molar-refractivity contribution in [3.8, 4) is 0 Å². The van der Waals surface area contributed by atoms with Gasteiger partial charge in [-0.05, 0) is 61.4 Å². The summed E-state index contributed by atoms with van der Waals surface area (Å²) in [5.41, 5.74) is 8.89. The predicted octanol–water partition coefficient (Wildman–Crippen LogP) is 9.10. The molecule has 2 aliphatic heterocycles. The van der Waals surface area contributed by atoms with Gasteiger partial charge in [0.25, 0.3) is 0 Å². The van der Waals surface area contributed by atoms with Crippen LogP contribution in [0.25, 0.3) is 10.8 Å². The standard InChI is InChI=1S/C39H38ClN2/c1-38(26-27-14-6-5-7-15-27)32-25-24-28-16-8-9-17-29(28)37(32)42(4)35(38)22-13-23-36-39(2,30-19-12-20-33(30)40)31-18-10-11-21-34(31)41(36)3/h5-19,21-25,30,33H,20,26H2,1-4H3/q+1. The van der Waals surface area contributed by atoms with Gasteiger partial charge in [-0.2, -0.15) is 4.58 Å². The van der Waals surface area contributed by atoms with Gasteiger partial charge in [0.15, 0.2) is 5.71 Å². The molecule has 0 saturated carbocycles. The second kappa shape index (κ2) is 10.1. The van der Waals surface area contributed by atoms with Gasteiger partial charge in [-0.1, -0.05) is 97.1 Å². The highest BCUT2D eigenvalue weighted by atomic mass is 35.5. The second-order valence-electron chi connectivity index (χ2n) is 12.5. The van der Waals surface area contributed by atoms with Crippen molar-refractivity contribution < 1.29 is 4.58 Å². The average Bonchev–Trinajstić information content (AvgIpc) is 3.60. The highest BCUT2D eigenvalue weighted by Gasteiger charge is 2.50. The largest absolute Gasteiger partial charge is 0.347 e. The Morgan fingerprint density at radius 2 is 1.64 bits per heavy atom. The molecule has 42 heavy (non-hydrogen) atoms. The number of fused-ring (bicyclic) bond motifs is 4. The maximum atomic E-state index is 6.96. The van der Waals surface area contributed by atoms with Crippen LogP contribution in [-0.2, 0) is 17.3 Å². The molecule has 0 N–H and O–H groups in total. The predicted molar refractivity (Wildman–Crippen MR) is 179 cm³/mol. The van der Waals surface area contributed by atoms with E-state index in [2.05, 4.69) is 159 Å². The lowest BCUT2D eigenvalue weighted by Gasteiger charge is -2.35. The molecule has 3 heteroatoms. The highest BCUT2D eigenvalue weighted by molar-refractivity contribution is 6.21. The van der Waals surface area contributed by atoms with E-state index in [1.165, 1.54) is 50.2 Å². The van der Waals surface area contributed by atoms with Gasteiger partial charge in [-0.3, -0.25) is 0 Å². The zero-order valence-electron chi connectivity index (χ0n) is 24.9. The number of nitrogens with zero attached hydrogens (tertiary/aromatic N) is 2. The van der Waals surface area contributed by atoms with Crippen LogP contribution in [0.4, 0.5) is 11.4 Å². The van der Waals surface area contributed by atoms with Crippen LogP contribution in [0.1, 0.15) is 37.0 Å². The Labute approximate surface area is 255 Å². The van der Waals surface area contributed by atoms with Crippen molar-refractivity contribution in [1.29, 1.82) is 0 Å². The lowest BCUT2D eigenvalue weighted by Crippen LogP contribution is -2.37. The number of likely N-dealkylation sites (N-methyl/N-ethyl adjacent to an activating group) is 1. The summed E-state index contributed by atoms with van der Waals surface area (Å²) in [5.74, 6) is 0.241. The Bertz CT molecular complexity index is 1810. The molecule has 0 radical (unpaired) electrons. The lowest BCUT2D eigenvalue weighted by molar-refractivity contribution is -0.399. The molecule has 0 saturated heterocycles. The van der Waals surface area contributed by atoms with Crippen molar-refractivity contribution in [2.75, 3.05) is 19.0 Å². The minimum absolute atomic E-state index is 0.0919. The van der Waals surface area contributed by atoms with E-state index in [9.17, 15) is 0 Å². The summed E-state index contributed by atoms with van der Waals surface area (Å²) >= 11 is 6.96. The minimum Gasteiger partial charge on any atom is -0.347 e. The molecule has 0 bridgehead atoms. The van der Waals surface area contributed by atoms with Crippen LogP contribution in [0, 0.1) is 5.92 Å². The van der Waals surface area contributed by atoms with Crippen LogP contribution in [-0.4, -0.2) is 29.8 Å². The molecule has 0 fully saturated rings. The summed E-state index contributed by atoms with van der Waals surface area (Å²) in [4.78, 5) is 2.36. The molecule has 2 nitrogen and oxygen atoms in total. The quantitative estimate of drug-likeness (QED) is 0.132. The first-order valence-electron chi connectivity index (χ1n) is 15.0. The van der Waals surface area contributed by atoms with Crippen LogP contribution in [0.2, 0.25) is 0 Å². The van der Waals surface area contributed by atoms with Gasteiger partial charge in [0, 0.05) is 46.8 Å². The first-order chi connectivity index (χ1) is 20.3.